The van der Waals surface area contributed by atoms with E-state index >= 15 is 0 Å². The monoisotopic (exact) mass is 393 g/mol. The van der Waals surface area contributed by atoms with Gasteiger partial charge in [0.15, 0.2) is 5.96 Å². The van der Waals surface area contributed by atoms with Crippen LogP contribution in [0.1, 0.15) is 37.0 Å². The topological polar surface area (TPSA) is 63.5 Å². The molecule has 0 amide bonds. The van der Waals surface area contributed by atoms with Gasteiger partial charge in [0.2, 0.25) is 0 Å². The van der Waals surface area contributed by atoms with Gasteiger partial charge in [0.25, 0.3) is 0 Å². The first-order valence-corrected chi connectivity index (χ1v) is 10.1. The van der Waals surface area contributed by atoms with Crippen LogP contribution in [-0.4, -0.2) is 36.0 Å². The van der Waals surface area contributed by atoms with Gasteiger partial charge in [-0.05, 0) is 38.0 Å². The largest absolute Gasteiger partial charge is 0.357 e. The maximum Gasteiger partial charge on any atom is 0.191 e. The molecule has 1 aliphatic rings. The van der Waals surface area contributed by atoms with Gasteiger partial charge < -0.3 is 10.6 Å². The average Bonchev–Trinajstić information content (AvgIpc) is 3.06. The van der Waals surface area contributed by atoms with E-state index in [4.69, 9.17) is 5.26 Å². The molecular weight excluding hydrogens is 365 g/mol. The van der Waals surface area contributed by atoms with Crippen molar-refractivity contribution in [2.45, 2.75) is 45.4 Å². The van der Waals surface area contributed by atoms with Gasteiger partial charge in [-0.2, -0.15) is 5.26 Å². The van der Waals surface area contributed by atoms with Gasteiger partial charge in [-0.25, -0.2) is 9.38 Å². The van der Waals surface area contributed by atoms with Crippen molar-refractivity contribution in [3.8, 4) is 6.07 Å². The van der Waals surface area contributed by atoms with E-state index in [0.717, 1.165) is 26.1 Å². The molecule has 3 rings (SSSR count). The molecule has 0 aromatic heterocycles. The van der Waals surface area contributed by atoms with Crippen molar-refractivity contribution in [3.63, 3.8) is 0 Å². The number of likely N-dealkylation sites (tertiary alicyclic amines) is 1. The number of nitrogens with zero attached hydrogens (tertiary/aromatic N) is 3. The predicted molar refractivity (Wildman–Crippen MR) is 114 cm³/mol. The normalized spacial score (nSPS) is 19.7. The quantitative estimate of drug-likeness (QED) is 0.583. The Morgan fingerprint density at radius 2 is 2.07 bits per heavy atom. The van der Waals surface area contributed by atoms with E-state index < -0.39 is 5.82 Å². The first-order chi connectivity index (χ1) is 14.1. The molecule has 2 N–H and O–H groups in total. The lowest BCUT2D eigenvalue weighted by atomic mass is 10.1. The minimum absolute atomic E-state index is 0.225. The summed E-state index contributed by atoms with van der Waals surface area (Å²) in [5.74, 6) is 0.294. The number of benzene rings is 2. The van der Waals surface area contributed by atoms with Crippen molar-refractivity contribution in [1.29, 1.82) is 5.26 Å². The van der Waals surface area contributed by atoms with Crippen molar-refractivity contribution >= 4 is 5.96 Å². The minimum Gasteiger partial charge on any atom is -0.357 e. The molecule has 29 heavy (non-hydrogen) atoms. The Labute approximate surface area is 172 Å². The highest BCUT2D eigenvalue weighted by Gasteiger charge is 2.29. The number of hydrogen-bond donors (Lipinski definition) is 2. The van der Waals surface area contributed by atoms with Crippen molar-refractivity contribution in [3.05, 3.63) is 71.0 Å². The minimum atomic E-state index is -0.396. The van der Waals surface area contributed by atoms with Gasteiger partial charge in [0.1, 0.15) is 5.82 Å². The summed E-state index contributed by atoms with van der Waals surface area (Å²) in [7, 11) is 0. The third kappa shape index (κ3) is 5.78. The van der Waals surface area contributed by atoms with Gasteiger partial charge in [0, 0.05) is 37.3 Å². The van der Waals surface area contributed by atoms with E-state index in [2.05, 4.69) is 51.7 Å². The van der Waals surface area contributed by atoms with Crippen molar-refractivity contribution in [1.82, 2.24) is 15.5 Å². The van der Waals surface area contributed by atoms with Gasteiger partial charge in [-0.1, -0.05) is 36.4 Å². The van der Waals surface area contributed by atoms with Crippen LogP contribution in [0.4, 0.5) is 4.39 Å². The van der Waals surface area contributed by atoms with Gasteiger partial charge in [0.05, 0.1) is 18.2 Å². The molecule has 1 heterocycles. The second-order valence-electron chi connectivity index (χ2n) is 7.45. The Morgan fingerprint density at radius 3 is 2.76 bits per heavy atom. The van der Waals surface area contributed by atoms with Crippen molar-refractivity contribution in [2.75, 3.05) is 13.1 Å². The highest BCUT2D eigenvalue weighted by molar-refractivity contribution is 5.80. The second kappa shape index (κ2) is 10.0. The summed E-state index contributed by atoms with van der Waals surface area (Å²) in [6.07, 6.45) is 1.03. The number of nitriles is 1. The third-order valence-electron chi connectivity index (χ3n) is 5.21. The Morgan fingerprint density at radius 1 is 1.28 bits per heavy atom. The van der Waals surface area contributed by atoms with Crippen molar-refractivity contribution in [2.24, 2.45) is 4.99 Å². The Bertz CT molecular complexity index is 875. The summed E-state index contributed by atoms with van der Waals surface area (Å²) < 4.78 is 14.1. The van der Waals surface area contributed by atoms with E-state index in [9.17, 15) is 4.39 Å². The molecule has 2 unspecified atom stereocenters. The summed E-state index contributed by atoms with van der Waals surface area (Å²) in [5, 5.41) is 15.6. The lowest BCUT2D eigenvalue weighted by molar-refractivity contribution is 0.258. The molecule has 6 heteroatoms. The van der Waals surface area contributed by atoms with Crippen LogP contribution in [0.15, 0.2) is 53.5 Å². The molecule has 0 bridgehead atoms. The molecule has 1 fully saturated rings. The molecular formula is C23H28FN5. The lowest BCUT2D eigenvalue weighted by Crippen LogP contribution is -2.44. The second-order valence-corrected chi connectivity index (χ2v) is 7.45. The van der Waals surface area contributed by atoms with Crippen LogP contribution in [0.5, 0.6) is 0 Å². The zero-order chi connectivity index (χ0) is 20.6. The van der Waals surface area contributed by atoms with E-state index in [-0.39, 0.29) is 12.6 Å². The van der Waals surface area contributed by atoms with Crippen LogP contribution in [0, 0.1) is 17.1 Å². The van der Waals surface area contributed by atoms with Crippen LogP contribution in [-0.2, 0) is 13.1 Å². The summed E-state index contributed by atoms with van der Waals surface area (Å²) in [6.45, 7) is 7.09. The van der Waals surface area contributed by atoms with Gasteiger partial charge in [-0.15, -0.1) is 0 Å². The average molecular weight is 394 g/mol. The van der Waals surface area contributed by atoms with Crippen LogP contribution in [0.25, 0.3) is 0 Å². The first-order valence-electron chi connectivity index (χ1n) is 10.1. The van der Waals surface area contributed by atoms with E-state index in [0.29, 0.717) is 23.1 Å². The summed E-state index contributed by atoms with van der Waals surface area (Å²) in [4.78, 5) is 7.02. The summed E-state index contributed by atoms with van der Waals surface area (Å²) >= 11 is 0. The van der Waals surface area contributed by atoms with Crippen molar-refractivity contribution < 1.29 is 4.39 Å². The Hall–Kier alpha value is -2.91. The number of halogens is 1. The fraction of sp³-hybridized carbons (Fsp3) is 0.391. The fourth-order valence-electron chi connectivity index (χ4n) is 3.66. The molecule has 2 atom stereocenters. The van der Waals surface area contributed by atoms with Gasteiger partial charge in [-0.3, -0.25) is 4.90 Å². The summed E-state index contributed by atoms with van der Waals surface area (Å²) in [5.41, 5.74) is 2.11. The number of guanidine groups is 1. The molecule has 0 spiro atoms. The number of hydrogen-bond acceptors (Lipinski definition) is 3. The van der Waals surface area contributed by atoms with E-state index in [1.54, 1.807) is 12.1 Å². The number of nitrogens with one attached hydrogen (secondary N) is 2. The Kier molecular flexibility index (Phi) is 7.20. The standard InChI is InChI=1S/C23H28FN5/c1-3-26-23(27-14-20-10-9-19(13-25)12-22(20)24)28-21-11-17(2)29(16-21)15-18-7-5-4-6-8-18/h4-10,12,17,21H,3,11,14-16H2,1-2H3,(H2,26,27,28). The highest BCUT2D eigenvalue weighted by Crippen LogP contribution is 2.20. The molecule has 2 aromatic carbocycles. The SMILES string of the molecule is CCNC(=NCc1ccc(C#N)cc1F)NC1CC(C)N(Cc2ccccc2)C1. The van der Waals surface area contributed by atoms with Gasteiger partial charge >= 0.3 is 0 Å². The van der Waals surface area contributed by atoms with E-state index in [1.165, 1.54) is 11.6 Å². The number of aliphatic imine (C=N–C) groups is 1. The van der Waals surface area contributed by atoms with Crippen LogP contribution >= 0.6 is 0 Å². The van der Waals surface area contributed by atoms with Crippen LogP contribution < -0.4 is 10.6 Å². The lowest BCUT2D eigenvalue weighted by Gasteiger charge is -2.21. The molecule has 0 saturated carbocycles. The highest BCUT2D eigenvalue weighted by atomic mass is 19.1. The van der Waals surface area contributed by atoms with E-state index in [1.807, 2.05) is 19.1 Å². The predicted octanol–water partition coefficient (Wildman–Crippen LogP) is 3.42. The molecule has 1 saturated heterocycles. The molecule has 5 nitrogen and oxygen atoms in total. The smallest absolute Gasteiger partial charge is 0.191 e. The fourth-order valence-corrected chi connectivity index (χ4v) is 3.66. The van der Waals surface area contributed by atoms with Crippen LogP contribution in [0.3, 0.4) is 0 Å². The molecule has 152 valence electrons. The zero-order valence-electron chi connectivity index (χ0n) is 17.0. The number of rotatable bonds is 6. The Balaban J connectivity index is 1.61. The molecule has 0 aliphatic carbocycles. The zero-order valence-corrected chi connectivity index (χ0v) is 17.0. The first kappa shape index (κ1) is 20.8. The third-order valence-corrected chi connectivity index (χ3v) is 5.21. The maximum absolute atomic E-state index is 14.1. The molecule has 2 aromatic rings. The summed E-state index contributed by atoms with van der Waals surface area (Å²) in [6, 6.07) is 17.7. The van der Waals surface area contributed by atoms with Crippen LogP contribution in [0.2, 0.25) is 0 Å². The molecule has 1 aliphatic heterocycles. The maximum atomic E-state index is 14.1. The molecule has 0 radical (unpaired) electrons.